The highest BCUT2D eigenvalue weighted by Crippen LogP contribution is 2.38. The molecular weight excluding hydrogens is 648 g/mol. The Morgan fingerprint density at radius 1 is 0.680 bits per heavy atom. The molecule has 0 bridgehead atoms. The number of ether oxygens (including phenoxy) is 5. The van der Waals surface area contributed by atoms with Gasteiger partial charge in [0, 0.05) is 29.8 Å². The Bertz CT molecular complexity index is 1560. The van der Waals surface area contributed by atoms with Crippen molar-refractivity contribution in [1.82, 2.24) is 9.80 Å². The smallest absolute Gasteiger partial charge is 0.411 e. The first-order valence-corrected chi connectivity index (χ1v) is 16.8. The van der Waals surface area contributed by atoms with Crippen molar-refractivity contribution in [3.8, 4) is 16.9 Å². The molecule has 0 aromatic heterocycles. The first-order chi connectivity index (χ1) is 23.5. The van der Waals surface area contributed by atoms with Crippen molar-refractivity contribution in [2.75, 3.05) is 26.3 Å². The van der Waals surface area contributed by atoms with Crippen LogP contribution in [0.5, 0.6) is 5.75 Å². The van der Waals surface area contributed by atoms with Crippen LogP contribution in [-0.2, 0) is 35.1 Å². The zero-order valence-electron chi connectivity index (χ0n) is 29.4. The van der Waals surface area contributed by atoms with Crippen LogP contribution >= 0.6 is 0 Å². The van der Waals surface area contributed by atoms with Gasteiger partial charge in [0.05, 0.1) is 0 Å². The van der Waals surface area contributed by atoms with Crippen LogP contribution in [0.3, 0.4) is 0 Å². The van der Waals surface area contributed by atoms with E-state index in [0.717, 1.165) is 11.1 Å². The molecular formula is C37H44N2O11. The van der Waals surface area contributed by atoms with E-state index in [-0.39, 0.29) is 12.2 Å². The van der Waals surface area contributed by atoms with Crippen molar-refractivity contribution in [3.05, 3.63) is 53.1 Å². The molecule has 0 N–H and O–H groups in total. The van der Waals surface area contributed by atoms with Crippen molar-refractivity contribution in [3.63, 3.8) is 0 Å². The van der Waals surface area contributed by atoms with E-state index in [2.05, 4.69) is 0 Å². The van der Waals surface area contributed by atoms with Gasteiger partial charge in [0.25, 0.3) is 0 Å². The second-order valence-electron chi connectivity index (χ2n) is 14.6. The van der Waals surface area contributed by atoms with Gasteiger partial charge in [-0.2, -0.15) is 0 Å². The van der Waals surface area contributed by atoms with Crippen molar-refractivity contribution < 1.29 is 52.5 Å². The predicted molar refractivity (Wildman–Crippen MR) is 179 cm³/mol. The third-order valence-corrected chi connectivity index (χ3v) is 8.40. The minimum atomic E-state index is -0.813. The quantitative estimate of drug-likeness (QED) is 0.196. The summed E-state index contributed by atoms with van der Waals surface area (Å²) in [5.74, 6) is -1.69. The van der Waals surface area contributed by atoms with Crippen LogP contribution in [0.2, 0.25) is 0 Å². The highest BCUT2D eigenvalue weighted by atomic mass is 16.6. The number of amides is 2. The summed E-state index contributed by atoms with van der Waals surface area (Å²) in [7, 11) is 0. The number of carbonyl (C=O) groups excluding carboxylic acids is 6. The van der Waals surface area contributed by atoms with Crippen molar-refractivity contribution in [1.29, 1.82) is 0 Å². The van der Waals surface area contributed by atoms with E-state index in [1.54, 1.807) is 77.9 Å². The average molecular weight is 693 g/mol. The molecule has 5 rings (SSSR count). The zero-order chi connectivity index (χ0) is 36.4. The van der Waals surface area contributed by atoms with Gasteiger partial charge in [-0.1, -0.05) is 18.2 Å². The van der Waals surface area contributed by atoms with E-state index in [1.807, 2.05) is 0 Å². The summed E-state index contributed by atoms with van der Waals surface area (Å²) in [5, 5.41) is 0. The fourth-order valence-electron chi connectivity index (χ4n) is 6.08. The number of hydrogen-bond donors (Lipinski definition) is 0. The molecule has 2 amide bonds. The molecule has 2 aromatic rings. The molecule has 2 fully saturated rings. The fourth-order valence-corrected chi connectivity index (χ4v) is 6.08. The standard InChI is InChI=1S/C37H44N2O11/c1-36(2,3)49-34(44)38-15-7-9-27(38)32(42)47-20-29(40)22-11-13-25-24(17-22)19-46-31-18-23(12-14-26(25)31)30(41)21-48-33(43)28-10-8-16-39(28)35(45)50-37(4,5)6/h11-14,17-18,27-28H,7-10,15-16,19-21H2,1-6H3. The Morgan fingerprint density at radius 2 is 1.14 bits per heavy atom. The van der Waals surface area contributed by atoms with Gasteiger partial charge in [-0.25, -0.2) is 19.2 Å². The summed E-state index contributed by atoms with van der Waals surface area (Å²) in [6.07, 6.45) is 0.907. The number of carbonyl (C=O) groups is 6. The Labute approximate surface area is 291 Å². The maximum absolute atomic E-state index is 13.0. The maximum Gasteiger partial charge on any atom is 0.411 e. The minimum absolute atomic E-state index is 0.130. The van der Waals surface area contributed by atoms with Gasteiger partial charge in [-0.05, 0) is 96.6 Å². The molecule has 2 unspecified atom stereocenters. The second kappa shape index (κ2) is 14.5. The lowest BCUT2D eigenvalue weighted by Gasteiger charge is -2.27. The monoisotopic (exact) mass is 692 g/mol. The molecule has 268 valence electrons. The Morgan fingerprint density at radius 3 is 1.62 bits per heavy atom. The number of nitrogens with zero attached hydrogens (tertiary/aromatic N) is 2. The van der Waals surface area contributed by atoms with Crippen LogP contribution in [0.1, 0.15) is 93.5 Å². The zero-order valence-corrected chi connectivity index (χ0v) is 29.4. The third-order valence-electron chi connectivity index (χ3n) is 8.40. The van der Waals surface area contributed by atoms with Gasteiger partial charge in [-0.15, -0.1) is 0 Å². The molecule has 2 saturated heterocycles. The lowest BCUT2D eigenvalue weighted by molar-refractivity contribution is -0.148. The van der Waals surface area contributed by atoms with Gasteiger partial charge < -0.3 is 23.7 Å². The number of esters is 2. The lowest BCUT2D eigenvalue weighted by atomic mass is 9.93. The van der Waals surface area contributed by atoms with E-state index in [0.29, 0.717) is 55.6 Å². The topological polar surface area (TPSA) is 155 Å². The van der Waals surface area contributed by atoms with Crippen molar-refractivity contribution in [2.24, 2.45) is 0 Å². The summed E-state index contributed by atoms with van der Waals surface area (Å²) in [6, 6.07) is 8.38. The molecule has 3 heterocycles. The van der Waals surface area contributed by atoms with Gasteiger partial charge in [0.1, 0.15) is 35.6 Å². The molecule has 2 aromatic carbocycles. The molecule has 2 atom stereocenters. The molecule has 0 saturated carbocycles. The maximum atomic E-state index is 13.0. The molecule has 13 heteroatoms. The fraction of sp³-hybridized carbons (Fsp3) is 0.514. The predicted octanol–water partition coefficient (Wildman–Crippen LogP) is 5.50. The molecule has 0 radical (unpaired) electrons. The summed E-state index contributed by atoms with van der Waals surface area (Å²) >= 11 is 0. The van der Waals surface area contributed by atoms with Crippen LogP contribution in [0.4, 0.5) is 9.59 Å². The van der Waals surface area contributed by atoms with E-state index in [4.69, 9.17) is 23.7 Å². The highest BCUT2D eigenvalue weighted by molar-refractivity contribution is 6.01. The Balaban J connectivity index is 1.16. The van der Waals surface area contributed by atoms with Gasteiger partial charge in [0.15, 0.2) is 24.8 Å². The number of ketones is 2. The minimum Gasteiger partial charge on any atom is -0.488 e. The van der Waals surface area contributed by atoms with Gasteiger partial charge in [-0.3, -0.25) is 19.4 Å². The summed E-state index contributed by atoms with van der Waals surface area (Å²) in [5.41, 5.74) is 1.47. The molecule has 50 heavy (non-hydrogen) atoms. The highest BCUT2D eigenvalue weighted by Gasteiger charge is 2.39. The molecule has 3 aliphatic heterocycles. The van der Waals surface area contributed by atoms with Crippen LogP contribution in [-0.4, -0.2) is 95.1 Å². The number of benzene rings is 2. The number of rotatable bonds is 8. The van der Waals surface area contributed by atoms with Crippen LogP contribution in [0.25, 0.3) is 11.1 Å². The largest absolute Gasteiger partial charge is 0.488 e. The van der Waals surface area contributed by atoms with E-state index in [9.17, 15) is 28.8 Å². The first kappa shape index (κ1) is 36.3. The van der Waals surface area contributed by atoms with E-state index in [1.165, 1.54) is 9.80 Å². The van der Waals surface area contributed by atoms with Crippen molar-refractivity contribution >= 4 is 35.7 Å². The normalized spacial score (nSPS) is 18.4. The molecule has 13 nitrogen and oxygen atoms in total. The van der Waals surface area contributed by atoms with Crippen molar-refractivity contribution in [2.45, 2.75) is 97.1 Å². The van der Waals surface area contributed by atoms with Crippen LogP contribution in [0.15, 0.2) is 36.4 Å². The second-order valence-corrected chi connectivity index (χ2v) is 14.6. The van der Waals surface area contributed by atoms with E-state index < -0.39 is 72.2 Å². The number of hydrogen-bond acceptors (Lipinski definition) is 11. The molecule has 3 aliphatic rings. The first-order valence-electron chi connectivity index (χ1n) is 16.8. The van der Waals surface area contributed by atoms with Crippen LogP contribution < -0.4 is 4.74 Å². The summed E-state index contributed by atoms with van der Waals surface area (Å²) in [6.45, 7) is 10.4. The molecule has 0 aliphatic carbocycles. The van der Waals surface area contributed by atoms with Gasteiger partial charge in [0.2, 0.25) is 0 Å². The summed E-state index contributed by atoms with van der Waals surface area (Å²) < 4.78 is 27.4. The lowest BCUT2D eigenvalue weighted by Crippen LogP contribution is -2.44. The number of Topliss-reactive ketones (excluding diaryl/α,β-unsaturated/α-hetero) is 2. The average Bonchev–Trinajstić information content (AvgIpc) is 3.75. The Kier molecular flexibility index (Phi) is 10.5. The van der Waals surface area contributed by atoms with Crippen LogP contribution in [0, 0.1) is 0 Å². The Hall–Kier alpha value is -4.94. The number of fused-ring (bicyclic) bond motifs is 3. The SMILES string of the molecule is CC(C)(C)OC(=O)N1CCCC1C(=O)OCC(=O)c1ccc2c(c1)COc1cc(C(=O)COC(=O)C3CCCN3C(=O)OC(C)(C)C)ccc1-2. The molecule has 0 spiro atoms. The number of likely N-dealkylation sites (tertiary alicyclic amines) is 2. The third kappa shape index (κ3) is 8.61. The summed E-state index contributed by atoms with van der Waals surface area (Å²) in [4.78, 5) is 79.3. The van der Waals surface area contributed by atoms with E-state index >= 15 is 0 Å². The van der Waals surface area contributed by atoms with Gasteiger partial charge >= 0.3 is 24.1 Å².